The molecule has 0 aliphatic rings. The van der Waals surface area contributed by atoms with Crippen LogP contribution in [0, 0.1) is 13.8 Å². The number of benzene rings is 2. The molecule has 4 nitrogen and oxygen atoms in total. The van der Waals surface area contributed by atoms with Gasteiger partial charge in [0, 0.05) is 11.4 Å². The Balaban J connectivity index is 2.45. The van der Waals surface area contributed by atoms with Gasteiger partial charge in [0.25, 0.3) is 0 Å². The minimum Gasteiger partial charge on any atom is -0.478 e. The molecule has 98 valence electrons. The summed E-state index contributed by atoms with van der Waals surface area (Å²) in [4.78, 5) is 11.2. The van der Waals surface area contributed by atoms with Gasteiger partial charge in [-0.15, -0.1) is 0 Å². The molecule has 0 radical (unpaired) electrons. The molecule has 2 aromatic carbocycles. The lowest BCUT2D eigenvalue weighted by molar-refractivity contribution is 0.0698. The van der Waals surface area contributed by atoms with E-state index >= 15 is 0 Å². The van der Waals surface area contributed by atoms with Crippen LogP contribution in [-0.2, 0) is 0 Å². The van der Waals surface area contributed by atoms with Crippen LogP contribution >= 0.6 is 0 Å². The lowest BCUT2D eigenvalue weighted by atomic mass is 10.1. The first-order chi connectivity index (χ1) is 8.97. The number of hydrogen-bond acceptors (Lipinski definition) is 3. The van der Waals surface area contributed by atoms with Crippen molar-refractivity contribution in [2.45, 2.75) is 13.8 Å². The number of aromatic carboxylic acids is 1. The summed E-state index contributed by atoms with van der Waals surface area (Å²) in [5, 5.41) is 12.3. The lowest BCUT2D eigenvalue weighted by Gasteiger charge is -2.13. The van der Waals surface area contributed by atoms with Crippen molar-refractivity contribution < 1.29 is 9.90 Å². The SMILES string of the molecule is Cc1ccc(C)c(Nc2cc(N)ccc2C(=O)O)c1. The number of carbonyl (C=O) groups is 1. The van der Waals surface area contributed by atoms with Crippen molar-refractivity contribution in [2.24, 2.45) is 0 Å². The summed E-state index contributed by atoms with van der Waals surface area (Å²) < 4.78 is 0. The molecule has 4 heteroatoms. The number of hydrogen-bond donors (Lipinski definition) is 3. The topological polar surface area (TPSA) is 75.3 Å². The van der Waals surface area contributed by atoms with Gasteiger partial charge in [-0.3, -0.25) is 0 Å². The quantitative estimate of drug-likeness (QED) is 0.736. The summed E-state index contributed by atoms with van der Waals surface area (Å²) in [5.41, 5.74) is 9.98. The second kappa shape index (κ2) is 5.02. The number of rotatable bonds is 3. The van der Waals surface area contributed by atoms with E-state index in [0.29, 0.717) is 11.4 Å². The molecule has 0 unspecified atom stereocenters. The summed E-state index contributed by atoms with van der Waals surface area (Å²) in [5.74, 6) is -0.979. The van der Waals surface area contributed by atoms with E-state index in [0.717, 1.165) is 16.8 Å². The maximum Gasteiger partial charge on any atom is 0.337 e. The van der Waals surface area contributed by atoms with Gasteiger partial charge in [-0.1, -0.05) is 12.1 Å². The van der Waals surface area contributed by atoms with Crippen molar-refractivity contribution in [3.63, 3.8) is 0 Å². The molecule has 0 spiro atoms. The van der Waals surface area contributed by atoms with Crippen molar-refractivity contribution in [1.82, 2.24) is 0 Å². The first-order valence-electron chi connectivity index (χ1n) is 5.94. The monoisotopic (exact) mass is 256 g/mol. The van der Waals surface area contributed by atoms with Crippen LogP contribution in [0.15, 0.2) is 36.4 Å². The fraction of sp³-hybridized carbons (Fsp3) is 0.133. The molecular weight excluding hydrogens is 240 g/mol. The Bertz CT molecular complexity index is 636. The van der Waals surface area contributed by atoms with E-state index in [1.165, 1.54) is 6.07 Å². The Morgan fingerprint density at radius 3 is 2.53 bits per heavy atom. The van der Waals surface area contributed by atoms with Gasteiger partial charge >= 0.3 is 5.97 Å². The van der Waals surface area contributed by atoms with E-state index in [1.54, 1.807) is 12.1 Å². The molecule has 0 bridgehead atoms. The third-order valence-corrected chi connectivity index (χ3v) is 2.94. The van der Waals surface area contributed by atoms with E-state index in [9.17, 15) is 9.90 Å². The molecule has 0 saturated heterocycles. The molecular formula is C15H16N2O2. The van der Waals surface area contributed by atoms with Crippen LogP contribution in [0.3, 0.4) is 0 Å². The Morgan fingerprint density at radius 2 is 1.84 bits per heavy atom. The third kappa shape index (κ3) is 2.85. The molecule has 0 aromatic heterocycles. The highest BCUT2D eigenvalue weighted by molar-refractivity contribution is 5.96. The highest BCUT2D eigenvalue weighted by atomic mass is 16.4. The summed E-state index contributed by atoms with van der Waals surface area (Å²) in [6.45, 7) is 3.95. The van der Waals surface area contributed by atoms with Crippen molar-refractivity contribution in [1.29, 1.82) is 0 Å². The molecule has 0 fully saturated rings. The Kier molecular flexibility index (Phi) is 3.42. The number of anilines is 3. The largest absolute Gasteiger partial charge is 0.478 e. The van der Waals surface area contributed by atoms with E-state index in [2.05, 4.69) is 5.32 Å². The standard InChI is InChI=1S/C15H16N2O2/c1-9-3-4-10(2)13(7-9)17-14-8-11(16)5-6-12(14)15(18)19/h3-8,17H,16H2,1-2H3,(H,18,19). The first-order valence-corrected chi connectivity index (χ1v) is 5.94. The van der Waals surface area contributed by atoms with Crippen LogP contribution in [0.5, 0.6) is 0 Å². The zero-order chi connectivity index (χ0) is 14.0. The molecule has 2 aromatic rings. The van der Waals surface area contributed by atoms with Crippen molar-refractivity contribution >= 4 is 23.0 Å². The van der Waals surface area contributed by atoms with Crippen molar-refractivity contribution in [3.05, 3.63) is 53.1 Å². The number of nitrogens with one attached hydrogen (secondary N) is 1. The summed E-state index contributed by atoms with van der Waals surface area (Å²) >= 11 is 0. The Labute approximate surface area is 111 Å². The van der Waals surface area contributed by atoms with Crippen LogP contribution in [0.4, 0.5) is 17.1 Å². The molecule has 0 atom stereocenters. The number of nitrogen functional groups attached to an aromatic ring is 1. The Morgan fingerprint density at radius 1 is 1.11 bits per heavy atom. The fourth-order valence-corrected chi connectivity index (χ4v) is 1.87. The van der Waals surface area contributed by atoms with Gasteiger partial charge < -0.3 is 16.2 Å². The van der Waals surface area contributed by atoms with Gasteiger partial charge in [0.1, 0.15) is 0 Å². The molecule has 0 aliphatic heterocycles. The second-order valence-electron chi connectivity index (χ2n) is 4.55. The van der Waals surface area contributed by atoms with E-state index in [4.69, 9.17) is 5.73 Å². The van der Waals surface area contributed by atoms with Crippen LogP contribution in [0.2, 0.25) is 0 Å². The number of carboxylic acid groups (broad SMARTS) is 1. The average Bonchev–Trinajstić information content (AvgIpc) is 2.33. The molecule has 0 heterocycles. The predicted octanol–water partition coefficient (Wildman–Crippen LogP) is 3.33. The Hall–Kier alpha value is -2.49. The van der Waals surface area contributed by atoms with Crippen LogP contribution in [0.1, 0.15) is 21.5 Å². The number of nitrogens with two attached hydrogens (primary N) is 1. The molecule has 0 amide bonds. The van der Waals surface area contributed by atoms with Crippen molar-refractivity contribution in [2.75, 3.05) is 11.1 Å². The molecule has 19 heavy (non-hydrogen) atoms. The summed E-state index contributed by atoms with van der Waals surface area (Å²) in [7, 11) is 0. The van der Waals surface area contributed by atoms with Crippen LogP contribution in [-0.4, -0.2) is 11.1 Å². The van der Waals surface area contributed by atoms with Gasteiger partial charge in [-0.05, 0) is 49.2 Å². The van der Waals surface area contributed by atoms with E-state index in [-0.39, 0.29) is 5.56 Å². The molecule has 2 rings (SSSR count). The average molecular weight is 256 g/mol. The first kappa shape index (κ1) is 13.0. The minimum atomic E-state index is -0.979. The van der Waals surface area contributed by atoms with Gasteiger partial charge in [0.2, 0.25) is 0 Å². The normalized spacial score (nSPS) is 10.2. The van der Waals surface area contributed by atoms with Gasteiger partial charge in [-0.2, -0.15) is 0 Å². The predicted molar refractivity (Wildman–Crippen MR) is 77.0 cm³/mol. The minimum absolute atomic E-state index is 0.204. The highest BCUT2D eigenvalue weighted by Gasteiger charge is 2.11. The number of carboxylic acids is 1. The summed E-state index contributed by atoms with van der Waals surface area (Å²) in [6, 6.07) is 10.7. The molecule has 4 N–H and O–H groups in total. The smallest absolute Gasteiger partial charge is 0.337 e. The second-order valence-corrected chi connectivity index (χ2v) is 4.55. The number of aryl methyl sites for hydroxylation is 2. The lowest BCUT2D eigenvalue weighted by Crippen LogP contribution is -2.04. The highest BCUT2D eigenvalue weighted by Crippen LogP contribution is 2.26. The van der Waals surface area contributed by atoms with Crippen molar-refractivity contribution in [3.8, 4) is 0 Å². The van der Waals surface area contributed by atoms with E-state index in [1.807, 2.05) is 32.0 Å². The zero-order valence-electron chi connectivity index (χ0n) is 10.9. The van der Waals surface area contributed by atoms with Crippen LogP contribution in [0.25, 0.3) is 0 Å². The van der Waals surface area contributed by atoms with Gasteiger partial charge in [0.15, 0.2) is 0 Å². The maximum atomic E-state index is 11.2. The van der Waals surface area contributed by atoms with E-state index < -0.39 is 5.97 Å². The maximum absolute atomic E-state index is 11.2. The van der Waals surface area contributed by atoms with Gasteiger partial charge in [-0.25, -0.2) is 4.79 Å². The zero-order valence-corrected chi connectivity index (χ0v) is 10.9. The third-order valence-electron chi connectivity index (χ3n) is 2.94. The summed E-state index contributed by atoms with van der Waals surface area (Å²) in [6.07, 6.45) is 0. The molecule has 0 aliphatic carbocycles. The van der Waals surface area contributed by atoms with Crippen LogP contribution < -0.4 is 11.1 Å². The van der Waals surface area contributed by atoms with Gasteiger partial charge in [0.05, 0.1) is 11.3 Å². The molecule has 0 saturated carbocycles. The fourth-order valence-electron chi connectivity index (χ4n) is 1.87.